The summed E-state index contributed by atoms with van der Waals surface area (Å²) in [5.74, 6) is -0.464. The maximum absolute atomic E-state index is 12.5. The van der Waals surface area contributed by atoms with Crippen molar-refractivity contribution in [2.75, 3.05) is 5.32 Å². The van der Waals surface area contributed by atoms with Crippen molar-refractivity contribution in [3.8, 4) is 0 Å². The van der Waals surface area contributed by atoms with Gasteiger partial charge in [-0.15, -0.1) is 0 Å². The van der Waals surface area contributed by atoms with Crippen LogP contribution in [0, 0.1) is 6.92 Å². The maximum atomic E-state index is 12.5. The largest absolute Gasteiger partial charge is 0.427 e. The molecule has 0 aromatic carbocycles. The number of carbonyl (C=O) groups excluding carboxylic acids is 1. The number of carbonyl (C=O) groups is 1. The molecule has 1 N–H and O–H groups in total. The lowest BCUT2D eigenvalue weighted by atomic mass is 10.3. The zero-order valence-corrected chi connectivity index (χ0v) is 12.7. The predicted octanol–water partition coefficient (Wildman–Crippen LogP) is 3.30. The number of thiazole rings is 1. The molecule has 0 bridgehead atoms. The van der Waals surface area contributed by atoms with Gasteiger partial charge in [-0.25, -0.2) is 9.97 Å². The van der Waals surface area contributed by atoms with E-state index in [0.717, 1.165) is 11.2 Å². The molecule has 3 aromatic heterocycles. The molecule has 0 unspecified atom stereocenters. The van der Waals surface area contributed by atoms with Crippen LogP contribution in [0.25, 0.3) is 5.65 Å². The van der Waals surface area contributed by atoms with Crippen LogP contribution in [-0.4, -0.2) is 20.3 Å². The number of aryl methyl sites for hydroxylation is 1. The van der Waals surface area contributed by atoms with Gasteiger partial charge in [-0.3, -0.25) is 4.79 Å². The normalized spacial score (nSPS) is 11.8. The number of anilines is 1. The molecule has 5 nitrogen and oxygen atoms in total. The number of nitrogens with one attached hydrogen (secondary N) is 1. The van der Waals surface area contributed by atoms with Crippen LogP contribution in [0.4, 0.5) is 18.3 Å². The number of hydrogen-bond donors (Lipinski definition) is 1. The summed E-state index contributed by atoms with van der Waals surface area (Å²) < 4.78 is 39.3. The summed E-state index contributed by atoms with van der Waals surface area (Å²) in [5.41, 5.74) is 2.24. The number of pyridine rings is 1. The Morgan fingerprint density at radius 2 is 2.22 bits per heavy atom. The van der Waals surface area contributed by atoms with Gasteiger partial charge in [-0.1, -0.05) is 17.4 Å². The summed E-state index contributed by atoms with van der Waals surface area (Å²) in [7, 11) is 0. The van der Waals surface area contributed by atoms with E-state index < -0.39 is 17.0 Å². The van der Waals surface area contributed by atoms with Crippen LogP contribution in [0.15, 0.2) is 30.7 Å². The molecule has 0 atom stereocenters. The fourth-order valence-electron chi connectivity index (χ4n) is 2.08. The van der Waals surface area contributed by atoms with Gasteiger partial charge in [-0.05, 0) is 18.6 Å². The fourth-order valence-corrected chi connectivity index (χ4v) is 2.78. The molecule has 9 heteroatoms. The highest BCUT2D eigenvalue weighted by molar-refractivity contribution is 7.15. The molecule has 120 valence electrons. The Balaban J connectivity index is 1.71. The number of fused-ring (bicyclic) bond motifs is 1. The highest BCUT2D eigenvalue weighted by atomic mass is 32.1. The fraction of sp³-hybridized carbons (Fsp3) is 0.214. The molecule has 0 aliphatic rings. The number of hydrogen-bond acceptors (Lipinski definition) is 4. The average Bonchev–Trinajstić information content (AvgIpc) is 3.05. The first kappa shape index (κ1) is 15.5. The Kier molecular flexibility index (Phi) is 3.80. The minimum absolute atomic E-state index is 0.0396. The first-order chi connectivity index (χ1) is 10.8. The van der Waals surface area contributed by atoms with Crippen LogP contribution in [-0.2, 0) is 17.4 Å². The van der Waals surface area contributed by atoms with Crippen LogP contribution in [0.3, 0.4) is 0 Å². The zero-order valence-electron chi connectivity index (χ0n) is 11.9. The SMILES string of the molecule is Cc1cccn2cc(CC(=O)Nc3ncc(C(F)(F)F)s3)nc12. The predicted molar refractivity (Wildman–Crippen MR) is 79.4 cm³/mol. The highest BCUT2D eigenvalue weighted by Gasteiger charge is 2.33. The van der Waals surface area contributed by atoms with Crippen LogP contribution >= 0.6 is 11.3 Å². The second-order valence-corrected chi connectivity index (χ2v) is 5.94. The molecule has 0 saturated carbocycles. The van der Waals surface area contributed by atoms with Crippen LogP contribution < -0.4 is 5.32 Å². The Labute approximate surface area is 132 Å². The van der Waals surface area contributed by atoms with E-state index in [0.29, 0.717) is 23.2 Å². The summed E-state index contributed by atoms with van der Waals surface area (Å²) in [6.07, 6.45) is -0.269. The lowest BCUT2D eigenvalue weighted by Gasteiger charge is -2.00. The van der Waals surface area contributed by atoms with E-state index in [1.54, 1.807) is 10.6 Å². The number of rotatable bonds is 3. The monoisotopic (exact) mass is 340 g/mol. The topological polar surface area (TPSA) is 59.3 Å². The third-order valence-electron chi connectivity index (χ3n) is 3.10. The summed E-state index contributed by atoms with van der Waals surface area (Å²) in [5, 5.41) is 2.28. The molecule has 1 amide bonds. The van der Waals surface area contributed by atoms with Crippen molar-refractivity contribution in [3.05, 3.63) is 46.9 Å². The van der Waals surface area contributed by atoms with E-state index in [1.807, 2.05) is 25.3 Å². The van der Waals surface area contributed by atoms with E-state index in [1.165, 1.54) is 0 Å². The molecule has 23 heavy (non-hydrogen) atoms. The lowest BCUT2D eigenvalue weighted by Crippen LogP contribution is -2.14. The summed E-state index contributed by atoms with van der Waals surface area (Å²) in [6.45, 7) is 1.90. The van der Waals surface area contributed by atoms with Crippen LogP contribution in [0.2, 0.25) is 0 Å². The highest BCUT2D eigenvalue weighted by Crippen LogP contribution is 2.34. The molecule has 3 aromatic rings. The van der Waals surface area contributed by atoms with Crippen molar-refractivity contribution in [1.82, 2.24) is 14.4 Å². The quantitative estimate of drug-likeness (QED) is 0.796. The average molecular weight is 340 g/mol. The smallest absolute Gasteiger partial charge is 0.307 e. The van der Waals surface area contributed by atoms with Gasteiger partial charge in [-0.2, -0.15) is 13.2 Å². The molecule has 0 aliphatic carbocycles. The van der Waals surface area contributed by atoms with Crippen LogP contribution in [0.1, 0.15) is 16.1 Å². The van der Waals surface area contributed by atoms with Crippen molar-refractivity contribution in [2.45, 2.75) is 19.5 Å². The van der Waals surface area contributed by atoms with E-state index in [-0.39, 0.29) is 11.6 Å². The second kappa shape index (κ2) is 5.65. The van der Waals surface area contributed by atoms with Gasteiger partial charge < -0.3 is 9.72 Å². The molecule has 0 fully saturated rings. The van der Waals surface area contributed by atoms with E-state index >= 15 is 0 Å². The van der Waals surface area contributed by atoms with Gasteiger partial charge in [0, 0.05) is 12.4 Å². The Morgan fingerprint density at radius 3 is 2.87 bits per heavy atom. The summed E-state index contributed by atoms with van der Waals surface area (Å²) in [4.78, 5) is 19.0. The van der Waals surface area contributed by atoms with E-state index in [2.05, 4.69) is 15.3 Å². The minimum atomic E-state index is -4.46. The third-order valence-corrected chi connectivity index (χ3v) is 4.06. The standard InChI is InChI=1S/C14H11F3N4OS/c1-8-3-2-4-21-7-9(19-12(8)21)5-11(22)20-13-18-6-10(23-13)14(15,16)17/h2-4,6-7H,5H2,1H3,(H,18,20,22). The van der Waals surface area contributed by atoms with Crippen molar-refractivity contribution >= 4 is 28.0 Å². The minimum Gasteiger partial charge on any atom is -0.307 e. The zero-order chi connectivity index (χ0) is 16.6. The number of amides is 1. The van der Waals surface area contributed by atoms with Gasteiger partial charge in [0.05, 0.1) is 18.3 Å². The Morgan fingerprint density at radius 1 is 1.43 bits per heavy atom. The van der Waals surface area contributed by atoms with Gasteiger partial charge in [0.15, 0.2) is 5.13 Å². The maximum Gasteiger partial charge on any atom is 0.427 e. The second-order valence-electron chi connectivity index (χ2n) is 4.91. The number of alkyl halides is 3. The number of halogens is 3. The first-order valence-corrected chi connectivity index (χ1v) is 7.40. The Hall–Kier alpha value is -2.42. The number of imidazole rings is 1. The molecule has 0 radical (unpaired) electrons. The molecular weight excluding hydrogens is 329 g/mol. The molecule has 0 spiro atoms. The number of aromatic nitrogens is 3. The molecule has 3 heterocycles. The summed E-state index contributed by atoms with van der Waals surface area (Å²) >= 11 is 0.393. The van der Waals surface area contributed by atoms with Gasteiger partial charge in [0.2, 0.25) is 5.91 Å². The Bertz CT molecular complexity index is 868. The van der Waals surface area contributed by atoms with Crippen molar-refractivity contribution < 1.29 is 18.0 Å². The number of nitrogens with zero attached hydrogens (tertiary/aromatic N) is 3. The summed E-state index contributed by atoms with van der Waals surface area (Å²) in [6, 6.07) is 3.77. The molecule has 0 aliphatic heterocycles. The third kappa shape index (κ3) is 3.34. The van der Waals surface area contributed by atoms with Crippen molar-refractivity contribution in [1.29, 1.82) is 0 Å². The molecule has 3 rings (SSSR count). The van der Waals surface area contributed by atoms with Crippen molar-refractivity contribution in [2.24, 2.45) is 0 Å². The van der Waals surface area contributed by atoms with Gasteiger partial charge in [0.25, 0.3) is 0 Å². The van der Waals surface area contributed by atoms with Crippen LogP contribution in [0.5, 0.6) is 0 Å². The first-order valence-electron chi connectivity index (χ1n) is 6.59. The van der Waals surface area contributed by atoms with Crippen molar-refractivity contribution in [3.63, 3.8) is 0 Å². The van der Waals surface area contributed by atoms with Gasteiger partial charge in [0.1, 0.15) is 10.5 Å². The lowest BCUT2D eigenvalue weighted by molar-refractivity contribution is -0.134. The molecular formula is C14H11F3N4OS. The molecule has 0 saturated heterocycles. The van der Waals surface area contributed by atoms with E-state index in [4.69, 9.17) is 0 Å². The van der Waals surface area contributed by atoms with Gasteiger partial charge >= 0.3 is 6.18 Å². The van der Waals surface area contributed by atoms with E-state index in [9.17, 15) is 18.0 Å².